The van der Waals surface area contributed by atoms with Gasteiger partial charge in [0.25, 0.3) is 0 Å². The van der Waals surface area contributed by atoms with Gasteiger partial charge in [-0.15, -0.1) is 12.3 Å². The van der Waals surface area contributed by atoms with Crippen molar-refractivity contribution in [3.05, 3.63) is 0 Å². The van der Waals surface area contributed by atoms with E-state index in [-0.39, 0.29) is 0 Å². The fraction of sp³-hybridized carbons (Fsp3) is 0.700. The van der Waals surface area contributed by atoms with Gasteiger partial charge in [0.05, 0.1) is 0 Å². The van der Waals surface area contributed by atoms with Gasteiger partial charge in [-0.2, -0.15) is 0 Å². The summed E-state index contributed by atoms with van der Waals surface area (Å²) in [6.07, 6.45) is 4.40. The number of nitrogens with one attached hydrogen (secondary N) is 1. The van der Waals surface area contributed by atoms with Crippen LogP contribution < -0.4 is 5.32 Å². The molecule has 1 unspecified atom stereocenters. The van der Waals surface area contributed by atoms with E-state index >= 15 is 0 Å². The lowest BCUT2D eigenvalue weighted by atomic mass is 10.3. The van der Waals surface area contributed by atoms with Crippen LogP contribution in [0.15, 0.2) is 0 Å². The summed E-state index contributed by atoms with van der Waals surface area (Å²) in [5.74, 6) is 4.67. The predicted octanol–water partition coefficient (Wildman–Crippen LogP) is 0.0650. The van der Waals surface area contributed by atoms with Gasteiger partial charge in [-0.3, -0.25) is 0 Å². The highest BCUT2D eigenvalue weighted by molar-refractivity contribution is 5.64. The lowest BCUT2D eigenvalue weighted by molar-refractivity contribution is 0.191. The van der Waals surface area contributed by atoms with Crippen LogP contribution in [0.4, 0.5) is 4.79 Å². The fourth-order valence-corrected chi connectivity index (χ4v) is 2.36. The molecule has 2 fully saturated rings. The van der Waals surface area contributed by atoms with Crippen LogP contribution in [-0.4, -0.2) is 42.3 Å². The van der Waals surface area contributed by atoms with E-state index in [9.17, 15) is 4.79 Å². The number of likely N-dealkylation sites (tertiary alicyclic amines) is 1. The van der Waals surface area contributed by atoms with Crippen LogP contribution >= 0.6 is 0 Å². The highest BCUT2D eigenvalue weighted by atomic mass is 16.4. The zero-order valence-electron chi connectivity index (χ0n) is 7.94. The number of rotatable bonds is 3. The molecule has 0 aromatic carbocycles. The fourth-order valence-electron chi connectivity index (χ4n) is 2.36. The van der Waals surface area contributed by atoms with Crippen molar-refractivity contribution in [2.75, 3.05) is 26.2 Å². The lowest BCUT2D eigenvalue weighted by Crippen LogP contribution is -2.34. The van der Waals surface area contributed by atoms with Crippen LogP contribution in [0.3, 0.4) is 0 Å². The van der Waals surface area contributed by atoms with Crippen LogP contribution in [0.2, 0.25) is 0 Å². The Morgan fingerprint density at radius 1 is 1.57 bits per heavy atom. The van der Waals surface area contributed by atoms with Crippen molar-refractivity contribution in [1.82, 2.24) is 10.2 Å². The molecule has 4 heteroatoms. The second kappa shape index (κ2) is 3.50. The second-order valence-corrected chi connectivity index (χ2v) is 4.01. The summed E-state index contributed by atoms with van der Waals surface area (Å²) < 4.78 is 0. The molecule has 76 valence electrons. The van der Waals surface area contributed by atoms with Crippen molar-refractivity contribution in [1.29, 1.82) is 0 Å². The largest absolute Gasteiger partial charge is 0.465 e. The molecule has 4 nitrogen and oxygen atoms in total. The number of terminal acetylenes is 1. The minimum absolute atomic E-state index is 0.499. The lowest BCUT2D eigenvalue weighted by Gasteiger charge is -2.17. The molecule has 1 amide bonds. The summed E-state index contributed by atoms with van der Waals surface area (Å²) in [6, 6.07) is 0. The molecule has 2 rings (SSSR count). The van der Waals surface area contributed by atoms with Gasteiger partial charge in [-0.05, 0) is 11.8 Å². The Bertz CT molecular complexity index is 272. The van der Waals surface area contributed by atoms with Crippen LogP contribution in [-0.2, 0) is 0 Å². The molecular formula is C10H14N2O2. The smallest absolute Gasteiger partial charge is 0.404 e. The van der Waals surface area contributed by atoms with E-state index in [0.717, 1.165) is 19.6 Å². The van der Waals surface area contributed by atoms with Gasteiger partial charge in [-0.1, -0.05) is 0 Å². The Balaban J connectivity index is 1.64. The molecule has 0 spiro atoms. The molecule has 1 saturated heterocycles. The van der Waals surface area contributed by atoms with Crippen molar-refractivity contribution < 1.29 is 9.90 Å². The summed E-state index contributed by atoms with van der Waals surface area (Å²) in [5.41, 5.74) is 0. The quantitative estimate of drug-likeness (QED) is 0.625. The van der Waals surface area contributed by atoms with E-state index in [0.29, 0.717) is 24.3 Å². The molecule has 1 saturated carbocycles. The van der Waals surface area contributed by atoms with Crippen molar-refractivity contribution in [3.63, 3.8) is 0 Å². The van der Waals surface area contributed by atoms with Crippen LogP contribution in [0.25, 0.3) is 0 Å². The molecule has 0 radical (unpaired) electrons. The van der Waals surface area contributed by atoms with Crippen LogP contribution in [0.1, 0.15) is 0 Å². The SMILES string of the molecule is C#CC1[C@H]2CN(CCNC(=O)O)C[C@@H]12. The number of carbonyl (C=O) groups is 1. The van der Waals surface area contributed by atoms with Crippen molar-refractivity contribution in [3.8, 4) is 12.3 Å². The molecule has 0 aromatic heterocycles. The van der Waals surface area contributed by atoms with E-state index in [1.54, 1.807) is 0 Å². The Hall–Kier alpha value is -1.21. The van der Waals surface area contributed by atoms with Crippen LogP contribution in [0, 0.1) is 30.1 Å². The zero-order chi connectivity index (χ0) is 10.1. The van der Waals surface area contributed by atoms with Gasteiger partial charge >= 0.3 is 6.09 Å². The second-order valence-electron chi connectivity index (χ2n) is 4.01. The van der Waals surface area contributed by atoms with Gasteiger partial charge in [0.1, 0.15) is 0 Å². The minimum atomic E-state index is -0.948. The summed E-state index contributed by atoms with van der Waals surface area (Å²) in [6.45, 7) is 3.40. The summed E-state index contributed by atoms with van der Waals surface area (Å²) >= 11 is 0. The van der Waals surface area contributed by atoms with Crippen LogP contribution in [0.5, 0.6) is 0 Å². The van der Waals surface area contributed by atoms with Crippen molar-refractivity contribution in [2.45, 2.75) is 0 Å². The number of carboxylic acid groups (broad SMARTS) is 1. The monoisotopic (exact) mass is 194 g/mol. The number of fused-ring (bicyclic) bond motifs is 1. The molecule has 1 heterocycles. The normalized spacial score (nSPS) is 34.6. The summed E-state index contributed by atoms with van der Waals surface area (Å²) in [7, 11) is 0. The first-order chi connectivity index (χ1) is 6.72. The highest BCUT2D eigenvalue weighted by Crippen LogP contribution is 2.50. The number of amides is 1. The van der Waals surface area contributed by atoms with E-state index in [1.807, 2.05) is 0 Å². The third-order valence-electron chi connectivity index (χ3n) is 3.17. The van der Waals surface area contributed by atoms with Gasteiger partial charge in [0.2, 0.25) is 0 Å². The number of piperidine rings is 1. The first-order valence-corrected chi connectivity index (χ1v) is 4.87. The maximum atomic E-state index is 10.2. The molecule has 2 aliphatic rings. The molecule has 14 heavy (non-hydrogen) atoms. The molecule has 3 atom stereocenters. The number of hydrogen-bond donors (Lipinski definition) is 2. The zero-order valence-corrected chi connectivity index (χ0v) is 7.94. The highest BCUT2D eigenvalue weighted by Gasteiger charge is 2.54. The van der Waals surface area contributed by atoms with E-state index in [2.05, 4.69) is 16.1 Å². The van der Waals surface area contributed by atoms with Gasteiger partial charge in [0, 0.05) is 32.1 Å². The predicted molar refractivity (Wildman–Crippen MR) is 51.8 cm³/mol. The number of nitrogens with zero attached hydrogens (tertiary/aromatic N) is 1. The topological polar surface area (TPSA) is 52.6 Å². The standard InChI is InChI=1S/C10H14N2O2/c1-2-7-8-5-12(6-9(7)8)4-3-11-10(13)14/h1,7-9,11H,3-6H2,(H,13,14)/t7?,8-,9+. The first-order valence-electron chi connectivity index (χ1n) is 4.87. The Morgan fingerprint density at radius 2 is 2.21 bits per heavy atom. The number of hydrogen-bond acceptors (Lipinski definition) is 2. The molecule has 0 bridgehead atoms. The summed E-state index contributed by atoms with van der Waals surface area (Å²) in [4.78, 5) is 12.5. The first kappa shape index (κ1) is 9.35. The average molecular weight is 194 g/mol. The Morgan fingerprint density at radius 3 is 2.71 bits per heavy atom. The Labute approximate surface area is 83.3 Å². The average Bonchev–Trinajstić information content (AvgIpc) is 2.60. The van der Waals surface area contributed by atoms with E-state index < -0.39 is 6.09 Å². The van der Waals surface area contributed by atoms with Crippen molar-refractivity contribution >= 4 is 6.09 Å². The van der Waals surface area contributed by atoms with Gasteiger partial charge < -0.3 is 15.3 Å². The molecule has 0 aromatic rings. The van der Waals surface area contributed by atoms with E-state index in [4.69, 9.17) is 11.5 Å². The minimum Gasteiger partial charge on any atom is -0.465 e. The van der Waals surface area contributed by atoms with Crippen molar-refractivity contribution in [2.24, 2.45) is 17.8 Å². The maximum absolute atomic E-state index is 10.2. The molecule has 2 N–H and O–H groups in total. The Kier molecular flexibility index (Phi) is 2.34. The molecule has 1 aliphatic heterocycles. The third-order valence-corrected chi connectivity index (χ3v) is 3.17. The molecule has 1 aliphatic carbocycles. The van der Waals surface area contributed by atoms with E-state index in [1.165, 1.54) is 0 Å². The van der Waals surface area contributed by atoms with Gasteiger partial charge in [-0.25, -0.2) is 4.79 Å². The summed E-state index contributed by atoms with van der Waals surface area (Å²) in [5, 5.41) is 10.7. The van der Waals surface area contributed by atoms with Gasteiger partial charge in [0.15, 0.2) is 0 Å². The maximum Gasteiger partial charge on any atom is 0.404 e. The third kappa shape index (κ3) is 1.68. The molecular weight excluding hydrogens is 180 g/mol.